The molecule has 5 N–H and O–H groups in total. The standard InChI is InChI=1S/C14H19ClN4O2/c1-8(14(20)18-11-4-5-11)17-7-10-3-2-9(6-12(10)15)13(16)19-21/h2-3,6,8,11,17,21H,4-5,7H2,1H3,(H2,16,19)(H,18,20). The third-order valence-corrected chi connectivity index (χ3v) is 3.72. The normalized spacial score (nSPS) is 16.6. The van der Waals surface area contributed by atoms with E-state index in [1.165, 1.54) is 0 Å². The van der Waals surface area contributed by atoms with E-state index < -0.39 is 0 Å². The van der Waals surface area contributed by atoms with Crippen molar-refractivity contribution in [2.45, 2.75) is 38.4 Å². The Morgan fingerprint density at radius 3 is 2.86 bits per heavy atom. The molecule has 21 heavy (non-hydrogen) atoms. The van der Waals surface area contributed by atoms with Gasteiger partial charge < -0.3 is 21.6 Å². The molecule has 0 spiro atoms. The summed E-state index contributed by atoms with van der Waals surface area (Å²) in [5.74, 6) is 0.00971. The smallest absolute Gasteiger partial charge is 0.237 e. The quantitative estimate of drug-likeness (QED) is 0.274. The molecule has 0 saturated heterocycles. The summed E-state index contributed by atoms with van der Waals surface area (Å²) in [6, 6.07) is 5.19. The molecule has 2 rings (SSSR count). The van der Waals surface area contributed by atoms with Crippen LogP contribution in [-0.2, 0) is 11.3 Å². The number of carbonyl (C=O) groups is 1. The fraction of sp³-hybridized carbons (Fsp3) is 0.429. The summed E-state index contributed by atoms with van der Waals surface area (Å²) >= 11 is 6.16. The van der Waals surface area contributed by atoms with Crippen LogP contribution in [0.1, 0.15) is 30.9 Å². The first-order valence-electron chi connectivity index (χ1n) is 6.81. The van der Waals surface area contributed by atoms with E-state index in [9.17, 15) is 4.79 Å². The summed E-state index contributed by atoms with van der Waals surface area (Å²) in [6.45, 7) is 2.28. The molecule has 1 unspecified atom stereocenters. The number of amidine groups is 1. The minimum Gasteiger partial charge on any atom is -0.409 e. The molecule has 1 aromatic carbocycles. The SMILES string of the molecule is CC(NCc1ccc(/C(N)=N/O)cc1Cl)C(=O)NC1CC1. The molecule has 0 heterocycles. The number of amides is 1. The number of nitrogens with zero attached hydrogens (tertiary/aromatic N) is 1. The van der Waals surface area contributed by atoms with Crippen molar-refractivity contribution in [2.24, 2.45) is 10.9 Å². The Morgan fingerprint density at radius 1 is 1.57 bits per heavy atom. The second kappa shape index (κ2) is 6.78. The second-order valence-corrected chi connectivity index (χ2v) is 5.58. The second-order valence-electron chi connectivity index (χ2n) is 5.18. The van der Waals surface area contributed by atoms with Crippen molar-refractivity contribution >= 4 is 23.3 Å². The van der Waals surface area contributed by atoms with Crippen molar-refractivity contribution in [2.75, 3.05) is 0 Å². The van der Waals surface area contributed by atoms with Crippen LogP contribution in [0.25, 0.3) is 0 Å². The van der Waals surface area contributed by atoms with Crippen LogP contribution < -0.4 is 16.4 Å². The van der Waals surface area contributed by atoms with Crippen LogP contribution in [0.3, 0.4) is 0 Å². The summed E-state index contributed by atoms with van der Waals surface area (Å²) in [5, 5.41) is 18.1. The average Bonchev–Trinajstić information content (AvgIpc) is 3.28. The van der Waals surface area contributed by atoms with Gasteiger partial charge in [0.2, 0.25) is 5.91 Å². The topological polar surface area (TPSA) is 99.7 Å². The highest BCUT2D eigenvalue weighted by atomic mass is 35.5. The van der Waals surface area contributed by atoms with E-state index in [4.69, 9.17) is 22.5 Å². The summed E-state index contributed by atoms with van der Waals surface area (Å²) in [6.07, 6.45) is 2.14. The molecule has 1 aromatic rings. The minimum absolute atomic E-state index is 0.00176. The molecule has 7 heteroatoms. The van der Waals surface area contributed by atoms with Crippen molar-refractivity contribution in [1.29, 1.82) is 0 Å². The third-order valence-electron chi connectivity index (χ3n) is 3.37. The molecule has 1 saturated carbocycles. The van der Waals surface area contributed by atoms with Crippen molar-refractivity contribution in [3.05, 3.63) is 34.3 Å². The van der Waals surface area contributed by atoms with Gasteiger partial charge in [-0.1, -0.05) is 28.9 Å². The Hall–Kier alpha value is -1.79. The van der Waals surface area contributed by atoms with Gasteiger partial charge in [0.25, 0.3) is 0 Å². The Balaban J connectivity index is 1.91. The van der Waals surface area contributed by atoms with Gasteiger partial charge in [-0.15, -0.1) is 0 Å². The first-order valence-corrected chi connectivity index (χ1v) is 7.19. The molecular weight excluding hydrogens is 292 g/mol. The highest BCUT2D eigenvalue weighted by molar-refractivity contribution is 6.31. The van der Waals surface area contributed by atoms with Gasteiger partial charge in [0.1, 0.15) is 0 Å². The molecule has 114 valence electrons. The predicted octanol–water partition coefficient (Wildman–Crippen LogP) is 1.19. The van der Waals surface area contributed by atoms with E-state index in [-0.39, 0.29) is 17.8 Å². The highest BCUT2D eigenvalue weighted by Gasteiger charge is 2.25. The van der Waals surface area contributed by atoms with Crippen LogP contribution in [0, 0.1) is 0 Å². The lowest BCUT2D eigenvalue weighted by molar-refractivity contribution is -0.122. The van der Waals surface area contributed by atoms with Gasteiger partial charge in [0.05, 0.1) is 6.04 Å². The highest BCUT2D eigenvalue weighted by Crippen LogP contribution is 2.19. The summed E-state index contributed by atoms with van der Waals surface area (Å²) in [7, 11) is 0. The van der Waals surface area contributed by atoms with Crippen LogP contribution >= 0.6 is 11.6 Å². The minimum atomic E-state index is -0.287. The molecule has 1 fully saturated rings. The van der Waals surface area contributed by atoms with Gasteiger partial charge in [0, 0.05) is 23.2 Å². The molecule has 1 amide bonds. The molecule has 1 atom stereocenters. The maximum absolute atomic E-state index is 11.8. The van der Waals surface area contributed by atoms with E-state index in [0.717, 1.165) is 18.4 Å². The zero-order valence-corrected chi connectivity index (χ0v) is 12.5. The van der Waals surface area contributed by atoms with E-state index >= 15 is 0 Å². The molecule has 0 radical (unpaired) electrons. The number of rotatable bonds is 6. The van der Waals surface area contributed by atoms with Gasteiger partial charge in [-0.05, 0) is 31.4 Å². The van der Waals surface area contributed by atoms with E-state index in [0.29, 0.717) is 23.2 Å². The molecule has 0 bridgehead atoms. The summed E-state index contributed by atoms with van der Waals surface area (Å²) in [4.78, 5) is 11.8. The predicted molar refractivity (Wildman–Crippen MR) is 81.4 cm³/mol. The van der Waals surface area contributed by atoms with Crippen LogP contribution in [0.2, 0.25) is 5.02 Å². The molecular formula is C14H19ClN4O2. The van der Waals surface area contributed by atoms with Gasteiger partial charge >= 0.3 is 0 Å². The van der Waals surface area contributed by atoms with Crippen LogP contribution in [0.15, 0.2) is 23.4 Å². The fourth-order valence-electron chi connectivity index (χ4n) is 1.82. The first-order chi connectivity index (χ1) is 10.0. The lowest BCUT2D eigenvalue weighted by Gasteiger charge is -2.14. The van der Waals surface area contributed by atoms with Gasteiger partial charge in [0.15, 0.2) is 5.84 Å². The lowest BCUT2D eigenvalue weighted by Crippen LogP contribution is -2.42. The number of nitrogens with two attached hydrogens (primary N) is 1. The number of hydrogen-bond donors (Lipinski definition) is 4. The average molecular weight is 311 g/mol. The van der Waals surface area contributed by atoms with E-state index in [1.54, 1.807) is 18.2 Å². The summed E-state index contributed by atoms with van der Waals surface area (Å²) in [5.41, 5.74) is 6.89. The van der Waals surface area contributed by atoms with Crippen molar-refractivity contribution < 1.29 is 10.0 Å². The van der Waals surface area contributed by atoms with Crippen LogP contribution in [0.5, 0.6) is 0 Å². The van der Waals surface area contributed by atoms with Crippen molar-refractivity contribution in [1.82, 2.24) is 10.6 Å². The molecule has 0 aliphatic heterocycles. The van der Waals surface area contributed by atoms with Gasteiger partial charge in [-0.3, -0.25) is 4.79 Å². The Kier molecular flexibility index (Phi) is 5.03. The Bertz CT molecular complexity index is 558. The zero-order chi connectivity index (χ0) is 15.4. The van der Waals surface area contributed by atoms with Gasteiger partial charge in [-0.2, -0.15) is 0 Å². The molecule has 0 aromatic heterocycles. The van der Waals surface area contributed by atoms with Crippen LogP contribution in [-0.4, -0.2) is 29.0 Å². The molecule has 1 aliphatic carbocycles. The van der Waals surface area contributed by atoms with Gasteiger partial charge in [-0.25, -0.2) is 0 Å². The van der Waals surface area contributed by atoms with Crippen LogP contribution in [0.4, 0.5) is 0 Å². The number of halogens is 1. The van der Waals surface area contributed by atoms with Crippen molar-refractivity contribution in [3.63, 3.8) is 0 Å². The van der Waals surface area contributed by atoms with E-state index in [2.05, 4.69) is 15.8 Å². The summed E-state index contributed by atoms with van der Waals surface area (Å²) < 4.78 is 0. The molecule has 6 nitrogen and oxygen atoms in total. The number of oxime groups is 1. The number of hydrogen-bond acceptors (Lipinski definition) is 4. The number of benzene rings is 1. The Labute approximate surface area is 128 Å². The maximum atomic E-state index is 11.8. The first kappa shape index (κ1) is 15.6. The third kappa shape index (κ3) is 4.34. The monoisotopic (exact) mass is 310 g/mol. The zero-order valence-electron chi connectivity index (χ0n) is 11.8. The number of carbonyl (C=O) groups excluding carboxylic acids is 1. The maximum Gasteiger partial charge on any atom is 0.237 e. The van der Waals surface area contributed by atoms with E-state index in [1.807, 2.05) is 6.92 Å². The lowest BCUT2D eigenvalue weighted by atomic mass is 10.1. The molecule has 1 aliphatic rings. The largest absolute Gasteiger partial charge is 0.409 e. The fourth-order valence-corrected chi connectivity index (χ4v) is 2.06. The Morgan fingerprint density at radius 2 is 2.29 bits per heavy atom. The van der Waals surface area contributed by atoms with Crippen molar-refractivity contribution in [3.8, 4) is 0 Å². The number of nitrogens with one attached hydrogen (secondary N) is 2.